The van der Waals surface area contributed by atoms with Crippen molar-refractivity contribution in [3.8, 4) is 11.3 Å². The molecule has 164 valence electrons. The van der Waals surface area contributed by atoms with Crippen LogP contribution in [0.1, 0.15) is 50.8 Å². The minimum Gasteiger partial charge on any atom is -0.378 e. The molecule has 1 saturated carbocycles. The van der Waals surface area contributed by atoms with Crippen LogP contribution in [-0.4, -0.2) is 46.2 Å². The molecule has 1 amide bonds. The first-order valence-electron chi connectivity index (χ1n) is 11.5. The van der Waals surface area contributed by atoms with Crippen LogP contribution < -0.4 is 5.56 Å². The van der Waals surface area contributed by atoms with E-state index < -0.39 is 0 Å². The van der Waals surface area contributed by atoms with E-state index in [1.54, 1.807) is 13.2 Å². The van der Waals surface area contributed by atoms with E-state index in [0.29, 0.717) is 13.0 Å². The van der Waals surface area contributed by atoms with E-state index in [1.165, 1.54) is 0 Å². The van der Waals surface area contributed by atoms with E-state index in [4.69, 9.17) is 9.72 Å². The van der Waals surface area contributed by atoms with Crippen LogP contribution in [0.15, 0.2) is 41.2 Å². The summed E-state index contributed by atoms with van der Waals surface area (Å²) < 4.78 is 7.52. The second-order valence-electron chi connectivity index (χ2n) is 9.65. The summed E-state index contributed by atoms with van der Waals surface area (Å²) in [5.74, 6) is 1.10. The summed E-state index contributed by atoms with van der Waals surface area (Å²) in [6.07, 6.45) is 7.30. The second kappa shape index (κ2) is 7.90. The highest BCUT2D eigenvalue weighted by Crippen LogP contribution is 2.43. The van der Waals surface area contributed by atoms with Crippen LogP contribution in [-0.2, 0) is 22.5 Å². The molecule has 0 N–H and O–H groups in total. The molecule has 1 aromatic heterocycles. The first-order chi connectivity index (χ1) is 15.0. The summed E-state index contributed by atoms with van der Waals surface area (Å²) in [4.78, 5) is 32.7. The van der Waals surface area contributed by atoms with Gasteiger partial charge in [-0.3, -0.25) is 14.2 Å². The first kappa shape index (κ1) is 20.4. The van der Waals surface area contributed by atoms with Gasteiger partial charge in [-0.25, -0.2) is 4.98 Å². The Morgan fingerprint density at radius 3 is 2.58 bits per heavy atom. The van der Waals surface area contributed by atoms with Crippen molar-refractivity contribution in [3.63, 3.8) is 0 Å². The van der Waals surface area contributed by atoms with Crippen molar-refractivity contribution in [2.45, 2.75) is 63.5 Å². The van der Waals surface area contributed by atoms with Gasteiger partial charge in [0.2, 0.25) is 5.91 Å². The molecule has 6 heteroatoms. The van der Waals surface area contributed by atoms with Crippen LogP contribution in [0.25, 0.3) is 11.3 Å². The van der Waals surface area contributed by atoms with Gasteiger partial charge in [-0.1, -0.05) is 30.3 Å². The first-order valence-corrected chi connectivity index (χ1v) is 11.5. The molecule has 1 spiro atoms. The van der Waals surface area contributed by atoms with Crippen molar-refractivity contribution in [1.82, 2.24) is 14.5 Å². The summed E-state index contributed by atoms with van der Waals surface area (Å²) in [6.45, 7) is 2.28. The number of ether oxygens (including phenoxy) is 1. The number of aromatic nitrogens is 2. The number of aryl methyl sites for hydroxylation is 1. The van der Waals surface area contributed by atoms with Gasteiger partial charge in [-0.2, -0.15) is 0 Å². The van der Waals surface area contributed by atoms with Gasteiger partial charge >= 0.3 is 0 Å². The van der Waals surface area contributed by atoms with E-state index in [1.807, 2.05) is 39.8 Å². The standard InChI is InChI=1S/C25H31N3O3/c1-31-25(9-5-10-25)17-23(30)27-14-12-24(18-27)11-8-21-26-20(19-6-3-2-4-7-19)16-22(29)28(21)15-13-24/h2-4,6-7,16H,5,8-15,17-18H2,1H3. The van der Waals surface area contributed by atoms with Gasteiger partial charge in [0.15, 0.2) is 0 Å². The molecule has 1 aromatic carbocycles. The molecule has 5 rings (SSSR count). The third-order valence-electron chi connectivity index (χ3n) is 7.86. The van der Waals surface area contributed by atoms with Crippen LogP contribution in [0.4, 0.5) is 0 Å². The molecular weight excluding hydrogens is 390 g/mol. The number of fused-ring (bicyclic) bond motifs is 1. The molecule has 3 aliphatic rings. The molecule has 0 radical (unpaired) electrons. The summed E-state index contributed by atoms with van der Waals surface area (Å²) in [6, 6.07) is 11.5. The van der Waals surface area contributed by atoms with Gasteiger partial charge < -0.3 is 9.64 Å². The average molecular weight is 422 g/mol. The number of benzene rings is 1. The molecule has 2 aliphatic heterocycles. The lowest BCUT2D eigenvalue weighted by molar-refractivity contribution is -0.143. The normalized spacial score (nSPS) is 24.5. The van der Waals surface area contributed by atoms with Crippen LogP contribution in [0.3, 0.4) is 0 Å². The largest absolute Gasteiger partial charge is 0.378 e. The van der Waals surface area contributed by atoms with Crippen molar-refractivity contribution < 1.29 is 9.53 Å². The lowest BCUT2D eigenvalue weighted by Crippen LogP contribution is -2.45. The highest BCUT2D eigenvalue weighted by molar-refractivity contribution is 5.78. The molecule has 1 unspecified atom stereocenters. The van der Waals surface area contributed by atoms with Gasteiger partial charge in [-0.05, 0) is 43.9 Å². The van der Waals surface area contributed by atoms with Crippen LogP contribution in [0.2, 0.25) is 0 Å². The Morgan fingerprint density at radius 1 is 1.10 bits per heavy atom. The van der Waals surface area contributed by atoms with Gasteiger partial charge in [0.25, 0.3) is 5.56 Å². The Bertz CT molecular complexity index is 1020. The maximum Gasteiger partial charge on any atom is 0.254 e. The zero-order valence-electron chi connectivity index (χ0n) is 18.3. The molecular formula is C25H31N3O3. The van der Waals surface area contributed by atoms with Gasteiger partial charge in [0, 0.05) is 44.8 Å². The predicted molar refractivity (Wildman–Crippen MR) is 119 cm³/mol. The predicted octanol–water partition coefficient (Wildman–Crippen LogP) is 3.42. The molecule has 0 bridgehead atoms. The molecule has 1 atom stereocenters. The third kappa shape index (κ3) is 3.82. The molecule has 6 nitrogen and oxygen atoms in total. The van der Waals surface area contributed by atoms with Crippen molar-refractivity contribution in [2.24, 2.45) is 5.41 Å². The highest BCUT2D eigenvalue weighted by atomic mass is 16.5. The summed E-state index contributed by atoms with van der Waals surface area (Å²) in [7, 11) is 1.73. The van der Waals surface area contributed by atoms with Crippen molar-refractivity contribution in [2.75, 3.05) is 20.2 Å². The van der Waals surface area contributed by atoms with Crippen LogP contribution >= 0.6 is 0 Å². The number of likely N-dealkylation sites (tertiary alicyclic amines) is 1. The van der Waals surface area contributed by atoms with E-state index in [-0.39, 0.29) is 22.5 Å². The average Bonchev–Trinajstić information content (AvgIpc) is 3.10. The highest BCUT2D eigenvalue weighted by Gasteiger charge is 2.44. The second-order valence-corrected chi connectivity index (χ2v) is 9.65. The van der Waals surface area contributed by atoms with Crippen LogP contribution in [0, 0.1) is 5.41 Å². The van der Waals surface area contributed by atoms with Crippen molar-refractivity contribution >= 4 is 5.91 Å². The number of methoxy groups -OCH3 is 1. The van der Waals surface area contributed by atoms with E-state index >= 15 is 0 Å². The van der Waals surface area contributed by atoms with Gasteiger partial charge in [0.05, 0.1) is 17.7 Å². The Morgan fingerprint density at radius 2 is 1.87 bits per heavy atom. The fourth-order valence-corrected chi connectivity index (χ4v) is 5.56. The quantitative estimate of drug-likeness (QED) is 0.759. The Kier molecular flexibility index (Phi) is 5.21. The molecule has 1 saturated heterocycles. The fraction of sp³-hybridized carbons (Fsp3) is 0.560. The van der Waals surface area contributed by atoms with E-state index in [9.17, 15) is 9.59 Å². The number of hydrogen-bond donors (Lipinski definition) is 0. The van der Waals surface area contributed by atoms with Crippen LogP contribution in [0.5, 0.6) is 0 Å². The zero-order chi connectivity index (χ0) is 21.5. The Hall–Kier alpha value is -2.47. The maximum absolute atomic E-state index is 13.0. The number of carbonyl (C=O) groups is 1. The summed E-state index contributed by atoms with van der Waals surface area (Å²) in [5.41, 5.74) is 1.61. The summed E-state index contributed by atoms with van der Waals surface area (Å²) in [5, 5.41) is 0. The smallest absolute Gasteiger partial charge is 0.254 e. The molecule has 1 aliphatic carbocycles. The molecule has 2 aromatic rings. The van der Waals surface area contributed by atoms with Crippen molar-refractivity contribution in [3.05, 3.63) is 52.6 Å². The number of nitrogens with zero attached hydrogens (tertiary/aromatic N) is 3. The molecule has 31 heavy (non-hydrogen) atoms. The lowest BCUT2D eigenvalue weighted by Gasteiger charge is -2.41. The third-order valence-corrected chi connectivity index (χ3v) is 7.86. The summed E-state index contributed by atoms with van der Waals surface area (Å²) >= 11 is 0. The van der Waals surface area contributed by atoms with E-state index in [2.05, 4.69) is 0 Å². The van der Waals surface area contributed by atoms with Gasteiger partial charge in [0.1, 0.15) is 5.82 Å². The number of amides is 1. The number of hydrogen-bond acceptors (Lipinski definition) is 4. The SMILES string of the molecule is COC1(CC(=O)N2CCC3(CCc4nc(-c5ccccc5)cc(=O)n4CC3)C2)CCC1. The van der Waals surface area contributed by atoms with Crippen molar-refractivity contribution in [1.29, 1.82) is 0 Å². The minimum atomic E-state index is -0.225. The maximum atomic E-state index is 13.0. The number of carbonyl (C=O) groups excluding carboxylic acids is 1. The minimum absolute atomic E-state index is 0.0267. The number of rotatable bonds is 4. The van der Waals surface area contributed by atoms with Gasteiger partial charge in [-0.15, -0.1) is 0 Å². The fourth-order valence-electron chi connectivity index (χ4n) is 5.56. The monoisotopic (exact) mass is 421 g/mol. The molecule has 2 fully saturated rings. The topological polar surface area (TPSA) is 64.4 Å². The van der Waals surface area contributed by atoms with E-state index in [0.717, 1.165) is 75.1 Å². The zero-order valence-corrected chi connectivity index (χ0v) is 18.3. The molecule has 3 heterocycles. The Balaban J connectivity index is 1.30. The lowest BCUT2D eigenvalue weighted by atomic mass is 9.77. The Labute approximate surface area is 183 Å².